The van der Waals surface area contributed by atoms with Gasteiger partial charge in [-0.05, 0) is 34.1 Å². The van der Waals surface area contributed by atoms with Crippen LogP contribution < -0.4 is 9.47 Å². The number of carbonyl (C=O) groups is 1. The second-order valence-electron chi connectivity index (χ2n) is 3.72. The molecule has 0 aliphatic heterocycles. The average molecular weight is 396 g/mol. The topological polar surface area (TPSA) is 35.5 Å². The van der Waals surface area contributed by atoms with Crippen molar-refractivity contribution < 1.29 is 14.3 Å². The molecule has 0 fully saturated rings. The zero-order valence-electron chi connectivity index (χ0n) is 10.3. The van der Waals surface area contributed by atoms with E-state index in [9.17, 15) is 4.79 Å². The molecule has 0 amide bonds. The van der Waals surface area contributed by atoms with Crippen molar-refractivity contribution >= 4 is 56.3 Å². The lowest BCUT2D eigenvalue weighted by Gasteiger charge is -2.11. The van der Waals surface area contributed by atoms with Crippen LogP contribution in [0.5, 0.6) is 11.5 Å². The van der Waals surface area contributed by atoms with Gasteiger partial charge >= 0.3 is 0 Å². The van der Waals surface area contributed by atoms with E-state index < -0.39 is 0 Å². The van der Waals surface area contributed by atoms with Crippen LogP contribution in [0.25, 0.3) is 0 Å². The normalized spacial score (nSPS) is 10.4. The van der Waals surface area contributed by atoms with Crippen LogP contribution in [-0.2, 0) is 0 Å². The maximum atomic E-state index is 12.0. The molecule has 0 atom stereocenters. The maximum Gasteiger partial charge on any atom is 0.202 e. The summed E-state index contributed by atoms with van der Waals surface area (Å²) in [6, 6.07) is 6.90. The van der Waals surface area contributed by atoms with E-state index in [1.54, 1.807) is 12.1 Å². The van der Waals surface area contributed by atoms with E-state index >= 15 is 0 Å². The van der Waals surface area contributed by atoms with Gasteiger partial charge in [0.05, 0.1) is 21.5 Å². The fraction of sp³-hybridized carbons (Fsp3) is 0.154. The minimum Gasteiger partial charge on any atom is -0.493 e. The quantitative estimate of drug-likeness (QED) is 0.661. The van der Waals surface area contributed by atoms with Gasteiger partial charge in [-0.25, -0.2) is 0 Å². The van der Waals surface area contributed by atoms with Gasteiger partial charge in [0.25, 0.3) is 0 Å². The van der Waals surface area contributed by atoms with Gasteiger partial charge in [-0.15, -0.1) is 11.3 Å². The highest BCUT2D eigenvalue weighted by Gasteiger charge is 2.16. The highest BCUT2D eigenvalue weighted by Crippen LogP contribution is 2.35. The van der Waals surface area contributed by atoms with Crippen molar-refractivity contribution in [3.63, 3.8) is 0 Å². The van der Waals surface area contributed by atoms with Crippen molar-refractivity contribution in [1.29, 1.82) is 0 Å². The number of benzene rings is 1. The summed E-state index contributed by atoms with van der Waals surface area (Å²) in [5, 5.41) is 0. The largest absolute Gasteiger partial charge is 0.493 e. The molecule has 0 spiro atoms. The number of halogens is 3. The summed E-state index contributed by atoms with van der Waals surface area (Å²) in [5.41, 5.74) is 0.368. The van der Waals surface area contributed by atoms with E-state index in [1.807, 2.05) is 6.07 Å². The molecule has 0 radical (unpaired) electrons. The lowest BCUT2D eigenvalue weighted by atomic mass is 10.2. The van der Waals surface area contributed by atoms with Crippen LogP contribution in [0.2, 0.25) is 8.67 Å². The molecule has 0 N–H and O–H groups in total. The summed E-state index contributed by atoms with van der Waals surface area (Å²) in [7, 11) is 1.53. The van der Waals surface area contributed by atoms with Gasteiger partial charge in [0.2, 0.25) is 5.78 Å². The van der Waals surface area contributed by atoms with Crippen molar-refractivity contribution in [2.45, 2.75) is 0 Å². The van der Waals surface area contributed by atoms with Crippen molar-refractivity contribution in [3.8, 4) is 11.5 Å². The highest BCUT2D eigenvalue weighted by atomic mass is 79.9. The van der Waals surface area contributed by atoms with E-state index in [4.69, 9.17) is 32.7 Å². The number of ether oxygens (including phenoxy) is 2. The molecule has 0 aliphatic rings. The molecule has 1 heterocycles. The molecule has 0 saturated heterocycles. The Balaban J connectivity index is 2.13. The first-order chi connectivity index (χ1) is 9.52. The standard InChI is InChI=1S/C13H9BrCl2O3S/c1-18-10-4-2-3-8(14)12(10)19-6-9(17)7-5-11(15)20-13(7)16/h2-5H,6H2,1H3. The van der Waals surface area contributed by atoms with E-state index in [-0.39, 0.29) is 12.4 Å². The third-order valence-corrected chi connectivity index (χ3v) is 4.57. The number of hydrogen-bond acceptors (Lipinski definition) is 4. The van der Waals surface area contributed by atoms with Crippen molar-refractivity contribution in [2.24, 2.45) is 0 Å². The number of para-hydroxylation sites is 1. The minimum atomic E-state index is -0.240. The SMILES string of the molecule is COc1cccc(Br)c1OCC(=O)c1cc(Cl)sc1Cl. The molecule has 2 rings (SSSR count). The Hall–Kier alpha value is -0.750. The molecule has 7 heteroatoms. The van der Waals surface area contributed by atoms with Crippen LogP contribution in [0.3, 0.4) is 0 Å². The summed E-state index contributed by atoms with van der Waals surface area (Å²) in [6.45, 7) is -0.147. The van der Waals surface area contributed by atoms with Crippen LogP contribution in [-0.4, -0.2) is 19.5 Å². The third kappa shape index (κ3) is 3.47. The number of Topliss-reactive ketones (excluding diaryl/α,β-unsaturated/α-hetero) is 1. The monoisotopic (exact) mass is 394 g/mol. The Bertz CT molecular complexity index is 643. The summed E-state index contributed by atoms with van der Waals surface area (Å²) in [4.78, 5) is 12.0. The molecule has 2 aromatic rings. The lowest BCUT2D eigenvalue weighted by molar-refractivity contribution is 0.0919. The molecule has 106 valence electrons. The van der Waals surface area contributed by atoms with Gasteiger partial charge in [-0.3, -0.25) is 4.79 Å². The molecule has 1 aromatic carbocycles. The Labute approximate surface area is 138 Å². The van der Waals surface area contributed by atoms with E-state index in [1.165, 1.54) is 13.2 Å². The van der Waals surface area contributed by atoms with Crippen molar-refractivity contribution in [3.05, 3.63) is 43.0 Å². The summed E-state index contributed by atoms with van der Waals surface area (Å²) in [6.07, 6.45) is 0. The van der Waals surface area contributed by atoms with E-state index in [0.717, 1.165) is 11.3 Å². The van der Waals surface area contributed by atoms with Crippen molar-refractivity contribution in [2.75, 3.05) is 13.7 Å². The van der Waals surface area contributed by atoms with Gasteiger partial charge in [-0.2, -0.15) is 0 Å². The van der Waals surface area contributed by atoms with E-state index in [0.29, 0.717) is 30.2 Å². The van der Waals surface area contributed by atoms with Crippen LogP contribution in [0.4, 0.5) is 0 Å². The second kappa shape index (κ2) is 6.80. The molecule has 0 bridgehead atoms. The average Bonchev–Trinajstić information content (AvgIpc) is 2.75. The molecule has 3 nitrogen and oxygen atoms in total. The van der Waals surface area contributed by atoms with E-state index in [2.05, 4.69) is 15.9 Å². The van der Waals surface area contributed by atoms with Crippen LogP contribution in [0, 0.1) is 0 Å². The lowest BCUT2D eigenvalue weighted by Crippen LogP contribution is -2.12. The Morgan fingerprint density at radius 2 is 2.15 bits per heavy atom. The van der Waals surface area contributed by atoms with Gasteiger partial charge in [-0.1, -0.05) is 29.3 Å². The molecule has 0 saturated carbocycles. The number of carbonyl (C=O) groups excluding carboxylic acids is 1. The predicted molar refractivity (Wildman–Crippen MR) is 84.9 cm³/mol. The smallest absolute Gasteiger partial charge is 0.202 e. The zero-order valence-corrected chi connectivity index (χ0v) is 14.2. The first kappa shape index (κ1) is 15.6. The van der Waals surface area contributed by atoms with Gasteiger partial charge in [0.1, 0.15) is 4.34 Å². The molecule has 1 aromatic heterocycles. The molecular weight excluding hydrogens is 387 g/mol. The zero-order chi connectivity index (χ0) is 14.7. The van der Waals surface area contributed by atoms with Crippen LogP contribution in [0.1, 0.15) is 10.4 Å². The number of ketones is 1. The van der Waals surface area contributed by atoms with Crippen LogP contribution in [0.15, 0.2) is 28.7 Å². The molecule has 0 aliphatic carbocycles. The van der Waals surface area contributed by atoms with Gasteiger partial charge in [0.15, 0.2) is 18.1 Å². The fourth-order valence-electron chi connectivity index (χ4n) is 1.54. The molecule has 20 heavy (non-hydrogen) atoms. The van der Waals surface area contributed by atoms with Gasteiger partial charge in [0, 0.05) is 0 Å². The Morgan fingerprint density at radius 3 is 2.75 bits per heavy atom. The minimum absolute atomic E-state index is 0.147. The Morgan fingerprint density at radius 1 is 1.40 bits per heavy atom. The third-order valence-electron chi connectivity index (χ3n) is 2.46. The van der Waals surface area contributed by atoms with Gasteiger partial charge < -0.3 is 9.47 Å². The van der Waals surface area contributed by atoms with Crippen LogP contribution >= 0.6 is 50.5 Å². The highest BCUT2D eigenvalue weighted by molar-refractivity contribution is 9.10. The Kier molecular flexibility index (Phi) is 5.32. The predicted octanol–water partition coefficient (Wildman–Crippen LogP) is 5.09. The number of thiophene rings is 1. The first-order valence-corrected chi connectivity index (χ1v) is 7.82. The fourth-order valence-corrected chi connectivity index (χ4v) is 3.50. The first-order valence-electron chi connectivity index (χ1n) is 5.46. The summed E-state index contributed by atoms with van der Waals surface area (Å²) < 4.78 is 12.2. The molecule has 0 unspecified atom stereocenters. The maximum absolute atomic E-state index is 12.0. The summed E-state index contributed by atoms with van der Waals surface area (Å²) in [5.74, 6) is 0.776. The second-order valence-corrected chi connectivity index (χ2v) is 6.86. The molecular formula is C13H9BrCl2O3S. The summed E-state index contributed by atoms with van der Waals surface area (Å²) >= 11 is 16.3. The number of hydrogen-bond donors (Lipinski definition) is 0. The van der Waals surface area contributed by atoms with Crippen molar-refractivity contribution in [1.82, 2.24) is 0 Å². The number of methoxy groups -OCH3 is 1. The number of rotatable bonds is 5.